The fourth-order valence-electron chi connectivity index (χ4n) is 2.57. The van der Waals surface area contributed by atoms with Crippen LogP contribution >= 0.6 is 0 Å². The molecule has 3 N–H and O–H groups in total. The molecule has 4 heteroatoms. The van der Waals surface area contributed by atoms with Gasteiger partial charge in [0.1, 0.15) is 0 Å². The summed E-state index contributed by atoms with van der Waals surface area (Å²) >= 11 is 0. The number of hydrogen-bond acceptors (Lipinski definition) is 4. The summed E-state index contributed by atoms with van der Waals surface area (Å²) < 4.78 is 0. The molecule has 0 radical (unpaired) electrons. The second-order valence-corrected chi connectivity index (χ2v) is 6.43. The largest absolute Gasteiger partial charge is 0.504 e. The fourth-order valence-corrected chi connectivity index (χ4v) is 2.57. The van der Waals surface area contributed by atoms with Gasteiger partial charge in [-0.25, -0.2) is 0 Å². The molecule has 0 aliphatic carbocycles. The van der Waals surface area contributed by atoms with Crippen molar-refractivity contribution >= 4 is 5.78 Å². The lowest BCUT2D eigenvalue weighted by Gasteiger charge is -2.26. The number of Topliss-reactive ketones (excluding diaryl/α,β-unsaturated/α-hetero) is 1. The van der Waals surface area contributed by atoms with Crippen LogP contribution in [-0.2, 0) is 6.42 Å². The molecule has 2 aromatic rings. The third-order valence-corrected chi connectivity index (χ3v) is 3.93. The number of aromatic hydroxyl groups is 2. The molecular weight excluding hydrogens is 290 g/mol. The number of hydrogen-bond donors (Lipinski definition) is 3. The highest BCUT2D eigenvalue weighted by atomic mass is 16.3. The second kappa shape index (κ2) is 6.84. The molecule has 0 bridgehead atoms. The Morgan fingerprint density at radius 1 is 1.09 bits per heavy atom. The first kappa shape index (κ1) is 17.0. The third-order valence-electron chi connectivity index (χ3n) is 3.93. The van der Waals surface area contributed by atoms with E-state index in [0.717, 1.165) is 6.42 Å². The minimum Gasteiger partial charge on any atom is -0.504 e. The Morgan fingerprint density at radius 2 is 1.74 bits per heavy atom. The van der Waals surface area contributed by atoms with E-state index >= 15 is 0 Å². The molecule has 0 saturated heterocycles. The summed E-state index contributed by atoms with van der Waals surface area (Å²) in [5.74, 6) is -0.560. The van der Waals surface area contributed by atoms with Gasteiger partial charge < -0.3 is 15.5 Å². The topological polar surface area (TPSA) is 69.6 Å². The molecule has 0 atom stereocenters. The van der Waals surface area contributed by atoms with Gasteiger partial charge in [0.25, 0.3) is 0 Å². The van der Waals surface area contributed by atoms with E-state index in [9.17, 15) is 15.0 Å². The quantitative estimate of drug-likeness (QED) is 0.566. The van der Waals surface area contributed by atoms with Crippen molar-refractivity contribution in [2.45, 2.75) is 32.7 Å². The van der Waals surface area contributed by atoms with E-state index in [1.54, 1.807) is 13.0 Å². The van der Waals surface area contributed by atoms with Crippen molar-refractivity contribution in [2.75, 3.05) is 6.54 Å². The Bertz CT molecular complexity index is 693. The first-order valence-corrected chi connectivity index (χ1v) is 7.64. The van der Waals surface area contributed by atoms with Gasteiger partial charge in [0.15, 0.2) is 17.3 Å². The SMILES string of the molecule is Cc1c(C(=O)CNC(C)(C)Cc2ccccc2)ccc(O)c1O. The summed E-state index contributed by atoms with van der Waals surface area (Å²) in [4.78, 5) is 12.4. The van der Waals surface area contributed by atoms with Crippen molar-refractivity contribution in [1.29, 1.82) is 0 Å². The number of benzene rings is 2. The first-order valence-electron chi connectivity index (χ1n) is 7.64. The molecule has 23 heavy (non-hydrogen) atoms. The molecule has 0 spiro atoms. The Hall–Kier alpha value is -2.33. The van der Waals surface area contributed by atoms with Crippen molar-refractivity contribution in [3.05, 3.63) is 59.2 Å². The fraction of sp³-hybridized carbons (Fsp3) is 0.316. The lowest BCUT2D eigenvalue weighted by Crippen LogP contribution is -2.44. The van der Waals surface area contributed by atoms with E-state index in [4.69, 9.17) is 0 Å². The molecule has 0 aliphatic heterocycles. The van der Waals surface area contributed by atoms with Gasteiger partial charge in [0.2, 0.25) is 0 Å². The van der Waals surface area contributed by atoms with E-state index in [0.29, 0.717) is 11.1 Å². The third kappa shape index (κ3) is 4.33. The van der Waals surface area contributed by atoms with Gasteiger partial charge in [0.05, 0.1) is 6.54 Å². The minimum absolute atomic E-state index is 0.112. The van der Waals surface area contributed by atoms with Crippen LogP contribution in [0, 0.1) is 6.92 Å². The minimum atomic E-state index is -0.237. The highest BCUT2D eigenvalue weighted by molar-refractivity contribution is 5.99. The number of nitrogens with one attached hydrogen (secondary N) is 1. The van der Waals surface area contributed by atoms with Gasteiger partial charge in [0, 0.05) is 16.7 Å². The van der Waals surface area contributed by atoms with Crippen LogP contribution < -0.4 is 5.32 Å². The monoisotopic (exact) mass is 313 g/mol. The predicted octanol–water partition coefficient (Wildman–Crippen LogP) is 3.20. The van der Waals surface area contributed by atoms with Crippen LogP contribution in [0.2, 0.25) is 0 Å². The Kier molecular flexibility index (Phi) is 5.06. The van der Waals surface area contributed by atoms with Crippen molar-refractivity contribution < 1.29 is 15.0 Å². The van der Waals surface area contributed by atoms with E-state index < -0.39 is 0 Å². The summed E-state index contributed by atoms with van der Waals surface area (Å²) in [5.41, 5.74) is 1.79. The summed E-state index contributed by atoms with van der Waals surface area (Å²) in [6, 6.07) is 13.0. The maximum Gasteiger partial charge on any atom is 0.177 e. The highest BCUT2D eigenvalue weighted by Crippen LogP contribution is 2.30. The molecule has 0 heterocycles. The van der Waals surface area contributed by atoms with E-state index in [1.807, 2.05) is 18.2 Å². The maximum atomic E-state index is 12.4. The summed E-state index contributed by atoms with van der Waals surface area (Å²) in [6.07, 6.45) is 0.806. The zero-order valence-corrected chi connectivity index (χ0v) is 13.8. The molecule has 0 unspecified atom stereocenters. The summed E-state index contributed by atoms with van der Waals surface area (Å²) in [7, 11) is 0. The van der Waals surface area contributed by atoms with Crippen molar-refractivity contribution in [1.82, 2.24) is 5.32 Å². The van der Waals surface area contributed by atoms with Crippen molar-refractivity contribution in [3.8, 4) is 11.5 Å². The van der Waals surface area contributed by atoms with Crippen LogP contribution in [0.15, 0.2) is 42.5 Å². The summed E-state index contributed by atoms with van der Waals surface area (Å²) in [6.45, 7) is 5.89. The Labute approximate surface area is 136 Å². The van der Waals surface area contributed by atoms with E-state index in [1.165, 1.54) is 11.6 Å². The van der Waals surface area contributed by atoms with Crippen LogP contribution in [0.3, 0.4) is 0 Å². The molecule has 0 fully saturated rings. The molecule has 0 saturated carbocycles. The lowest BCUT2D eigenvalue weighted by molar-refractivity contribution is 0.0979. The average Bonchev–Trinajstić information content (AvgIpc) is 2.51. The average molecular weight is 313 g/mol. The van der Waals surface area contributed by atoms with Crippen LogP contribution in [0.1, 0.15) is 35.3 Å². The normalized spacial score (nSPS) is 11.4. The molecule has 2 rings (SSSR count). The van der Waals surface area contributed by atoms with Gasteiger partial charge in [-0.1, -0.05) is 30.3 Å². The molecule has 2 aromatic carbocycles. The Balaban J connectivity index is 2.02. The maximum absolute atomic E-state index is 12.4. The smallest absolute Gasteiger partial charge is 0.177 e. The standard InChI is InChI=1S/C19H23NO3/c1-13-15(9-10-16(21)18(13)23)17(22)12-20-19(2,3)11-14-7-5-4-6-8-14/h4-10,20-21,23H,11-12H2,1-3H3. The van der Waals surface area contributed by atoms with E-state index in [2.05, 4.69) is 31.3 Å². The molecule has 0 aliphatic rings. The second-order valence-electron chi connectivity index (χ2n) is 6.43. The van der Waals surface area contributed by atoms with Crippen LogP contribution in [0.25, 0.3) is 0 Å². The van der Waals surface area contributed by atoms with Crippen LogP contribution in [0.5, 0.6) is 11.5 Å². The van der Waals surface area contributed by atoms with Crippen molar-refractivity contribution in [3.63, 3.8) is 0 Å². The molecule has 0 amide bonds. The van der Waals surface area contributed by atoms with Crippen molar-refractivity contribution in [2.24, 2.45) is 0 Å². The number of ketones is 1. The van der Waals surface area contributed by atoms with Gasteiger partial charge in [-0.2, -0.15) is 0 Å². The Morgan fingerprint density at radius 3 is 2.39 bits per heavy atom. The van der Waals surface area contributed by atoms with E-state index in [-0.39, 0.29) is 29.4 Å². The highest BCUT2D eigenvalue weighted by Gasteiger charge is 2.21. The molecular formula is C19H23NO3. The molecule has 0 aromatic heterocycles. The number of phenols is 2. The van der Waals surface area contributed by atoms with Gasteiger partial charge >= 0.3 is 0 Å². The zero-order chi connectivity index (χ0) is 17.0. The molecule has 4 nitrogen and oxygen atoms in total. The number of carbonyl (C=O) groups excluding carboxylic acids is 1. The summed E-state index contributed by atoms with van der Waals surface area (Å²) in [5, 5.41) is 22.5. The lowest BCUT2D eigenvalue weighted by atomic mass is 9.94. The number of carbonyl (C=O) groups is 1. The van der Waals surface area contributed by atoms with Crippen LogP contribution in [0.4, 0.5) is 0 Å². The van der Waals surface area contributed by atoms with Gasteiger partial charge in [-0.3, -0.25) is 4.79 Å². The van der Waals surface area contributed by atoms with Crippen LogP contribution in [-0.4, -0.2) is 28.1 Å². The van der Waals surface area contributed by atoms with Gasteiger partial charge in [-0.05, 0) is 44.9 Å². The molecule has 122 valence electrons. The van der Waals surface area contributed by atoms with Gasteiger partial charge in [-0.15, -0.1) is 0 Å². The number of phenolic OH excluding ortho intramolecular Hbond substituents is 2. The zero-order valence-electron chi connectivity index (χ0n) is 13.8. The number of rotatable bonds is 6. The first-order chi connectivity index (χ1) is 10.8. The predicted molar refractivity (Wildman–Crippen MR) is 91.1 cm³/mol.